The Balaban J connectivity index is 2.41. The van der Waals surface area contributed by atoms with E-state index in [1.807, 2.05) is 0 Å². The van der Waals surface area contributed by atoms with Crippen molar-refractivity contribution in [3.05, 3.63) is 64.1 Å². The van der Waals surface area contributed by atoms with E-state index in [4.69, 9.17) is 0 Å². The van der Waals surface area contributed by atoms with Crippen LogP contribution in [-0.4, -0.2) is 8.42 Å². The van der Waals surface area contributed by atoms with E-state index in [0.717, 1.165) is 22.7 Å². The fourth-order valence-electron chi connectivity index (χ4n) is 2.30. The number of rotatable bonds is 5. The van der Waals surface area contributed by atoms with E-state index >= 15 is 0 Å². The second-order valence-electron chi connectivity index (χ2n) is 5.13. The summed E-state index contributed by atoms with van der Waals surface area (Å²) in [5, 5.41) is 0. The third-order valence-electron chi connectivity index (χ3n) is 3.44. The molecule has 0 amide bonds. The Morgan fingerprint density at radius 3 is 2.38 bits per heavy atom. The fraction of sp³-hybridized carbons (Fsp3) is 0.250. The second-order valence-corrected chi connectivity index (χ2v) is 7.73. The van der Waals surface area contributed by atoms with Crippen molar-refractivity contribution in [2.75, 3.05) is 0 Å². The fourth-order valence-corrected chi connectivity index (χ4v) is 4.25. The van der Waals surface area contributed by atoms with Crippen LogP contribution in [0.5, 0.6) is 0 Å². The van der Waals surface area contributed by atoms with Gasteiger partial charge in [-0.05, 0) is 36.2 Å². The molecule has 0 heterocycles. The van der Waals surface area contributed by atoms with Gasteiger partial charge in [-0.25, -0.2) is 13.1 Å². The zero-order chi connectivity index (χ0) is 18.0. The Kier molecular flexibility index (Phi) is 5.72. The molecule has 130 valence electrons. The normalized spacial score (nSPS) is 13.7. The van der Waals surface area contributed by atoms with Gasteiger partial charge in [-0.3, -0.25) is 0 Å². The SMILES string of the molecule is CCC(NS(=O)(=O)c1ccccc1C(F)(F)F)c1cccc(Br)c1. The van der Waals surface area contributed by atoms with Gasteiger partial charge in [0, 0.05) is 10.5 Å². The number of hydrogen-bond donors (Lipinski definition) is 1. The maximum atomic E-state index is 13.1. The van der Waals surface area contributed by atoms with Crippen LogP contribution in [0.1, 0.15) is 30.5 Å². The Morgan fingerprint density at radius 1 is 1.12 bits per heavy atom. The van der Waals surface area contributed by atoms with Crippen molar-refractivity contribution < 1.29 is 21.6 Å². The summed E-state index contributed by atoms with van der Waals surface area (Å²) in [5.74, 6) is 0. The lowest BCUT2D eigenvalue weighted by Gasteiger charge is -2.20. The molecular formula is C16H15BrF3NO2S. The molecule has 1 N–H and O–H groups in total. The van der Waals surface area contributed by atoms with Crippen LogP contribution in [-0.2, 0) is 16.2 Å². The largest absolute Gasteiger partial charge is 0.417 e. The predicted molar refractivity (Wildman–Crippen MR) is 88.9 cm³/mol. The summed E-state index contributed by atoms with van der Waals surface area (Å²) < 4.78 is 67.4. The molecule has 0 aromatic heterocycles. The van der Waals surface area contributed by atoms with Crippen molar-refractivity contribution in [2.24, 2.45) is 0 Å². The van der Waals surface area contributed by atoms with Crippen LogP contribution < -0.4 is 4.72 Å². The van der Waals surface area contributed by atoms with Gasteiger partial charge in [0.2, 0.25) is 10.0 Å². The Morgan fingerprint density at radius 2 is 1.79 bits per heavy atom. The lowest BCUT2D eigenvalue weighted by Crippen LogP contribution is -2.30. The first-order valence-electron chi connectivity index (χ1n) is 7.09. The number of nitrogens with one attached hydrogen (secondary N) is 1. The highest BCUT2D eigenvalue weighted by Gasteiger charge is 2.37. The number of sulfonamides is 1. The Labute approximate surface area is 147 Å². The van der Waals surface area contributed by atoms with Gasteiger partial charge in [-0.1, -0.05) is 47.1 Å². The minimum Gasteiger partial charge on any atom is -0.207 e. The van der Waals surface area contributed by atoms with Crippen LogP contribution in [0.25, 0.3) is 0 Å². The molecule has 24 heavy (non-hydrogen) atoms. The third-order valence-corrected chi connectivity index (χ3v) is 5.46. The smallest absolute Gasteiger partial charge is 0.207 e. The molecule has 3 nitrogen and oxygen atoms in total. The van der Waals surface area contributed by atoms with Gasteiger partial charge in [0.25, 0.3) is 0 Å². The number of halogens is 4. The number of alkyl halides is 3. The van der Waals surface area contributed by atoms with Crippen LogP contribution in [0.2, 0.25) is 0 Å². The molecule has 0 radical (unpaired) electrons. The molecular weight excluding hydrogens is 407 g/mol. The molecule has 2 aromatic rings. The zero-order valence-corrected chi connectivity index (χ0v) is 15.0. The Hall–Kier alpha value is -1.38. The van der Waals surface area contributed by atoms with E-state index in [-0.39, 0.29) is 0 Å². The minimum atomic E-state index is -4.75. The summed E-state index contributed by atoms with van der Waals surface area (Å²) in [5.41, 5.74) is -0.512. The molecule has 0 fully saturated rings. The monoisotopic (exact) mass is 421 g/mol. The predicted octanol–water partition coefficient (Wildman–Crippen LogP) is 4.90. The Bertz CT molecular complexity index is 822. The van der Waals surface area contributed by atoms with Crippen LogP contribution in [0, 0.1) is 0 Å². The van der Waals surface area contributed by atoms with Gasteiger partial charge in [-0.2, -0.15) is 13.2 Å². The molecule has 0 saturated heterocycles. The standard InChI is InChI=1S/C16H15BrF3NO2S/c1-2-14(11-6-5-7-12(17)10-11)21-24(22,23)15-9-4-3-8-13(15)16(18,19)20/h3-10,14,21H,2H2,1H3. The maximum Gasteiger partial charge on any atom is 0.417 e. The lowest BCUT2D eigenvalue weighted by molar-refractivity contribution is -0.139. The second kappa shape index (κ2) is 7.25. The summed E-state index contributed by atoms with van der Waals surface area (Å²) in [6.07, 6.45) is -4.35. The first kappa shape index (κ1) is 19.0. The zero-order valence-electron chi connectivity index (χ0n) is 12.6. The summed E-state index contributed by atoms with van der Waals surface area (Å²) in [6, 6.07) is 10.5. The minimum absolute atomic E-state index is 0.393. The van der Waals surface area contributed by atoms with Gasteiger partial charge in [0.05, 0.1) is 10.5 Å². The van der Waals surface area contributed by atoms with E-state index < -0.39 is 32.7 Å². The molecule has 0 aliphatic carbocycles. The highest BCUT2D eigenvalue weighted by atomic mass is 79.9. The topological polar surface area (TPSA) is 46.2 Å². The number of hydrogen-bond acceptors (Lipinski definition) is 2. The van der Waals surface area contributed by atoms with E-state index in [1.165, 1.54) is 6.07 Å². The molecule has 8 heteroatoms. The molecule has 0 aliphatic heterocycles. The average Bonchev–Trinajstić information content (AvgIpc) is 2.52. The molecule has 0 spiro atoms. The van der Waals surface area contributed by atoms with Gasteiger partial charge in [0.15, 0.2) is 0 Å². The van der Waals surface area contributed by atoms with Gasteiger partial charge < -0.3 is 0 Å². The summed E-state index contributed by atoms with van der Waals surface area (Å²) in [6.45, 7) is 1.75. The lowest BCUT2D eigenvalue weighted by atomic mass is 10.1. The first-order chi connectivity index (χ1) is 11.1. The van der Waals surface area contributed by atoms with E-state index in [2.05, 4.69) is 20.7 Å². The van der Waals surface area contributed by atoms with Crippen LogP contribution >= 0.6 is 15.9 Å². The molecule has 2 rings (SSSR count). The van der Waals surface area contributed by atoms with Crippen molar-refractivity contribution >= 4 is 26.0 Å². The van der Waals surface area contributed by atoms with Gasteiger partial charge in [0.1, 0.15) is 0 Å². The summed E-state index contributed by atoms with van der Waals surface area (Å²) in [4.78, 5) is -0.772. The summed E-state index contributed by atoms with van der Waals surface area (Å²) >= 11 is 3.30. The quantitative estimate of drug-likeness (QED) is 0.746. The summed E-state index contributed by atoms with van der Waals surface area (Å²) in [7, 11) is -4.33. The van der Waals surface area contributed by atoms with Crippen molar-refractivity contribution in [3.8, 4) is 0 Å². The highest BCUT2D eigenvalue weighted by molar-refractivity contribution is 9.10. The number of benzene rings is 2. The van der Waals surface area contributed by atoms with Crippen molar-refractivity contribution in [2.45, 2.75) is 30.5 Å². The van der Waals surface area contributed by atoms with Crippen molar-refractivity contribution in [1.82, 2.24) is 4.72 Å². The molecule has 0 aliphatic rings. The molecule has 1 unspecified atom stereocenters. The average molecular weight is 422 g/mol. The van der Waals surface area contributed by atoms with E-state index in [9.17, 15) is 21.6 Å². The van der Waals surface area contributed by atoms with E-state index in [0.29, 0.717) is 12.0 Å². The third kappa shape index (κ3) is 4.37. The van der Waals surface area contributed by atoms with Crippen LogP contribution in [0.15, 0.2) is 57.9 Å². The van der Waals surface area contributed by atoms with E-state index in [1.54, 1.807) is 31.2 Å². The van der Waals surface area contributed by atoms with Crippen molar-refractivity contribution in [1.29, 1.82) is 0 Å². The molecule has 2 aromatic carbocycles. The maximum absolute atomic E-state index is 13.1. The van der Waals surface area contributed by atoms with Crippen LogP contribution in [0.4, 0.5) is 13.2 Å². The molecule has 1 atom stereocenters. The van der Waals surface area contributed by atoms with Crippen LogP contribution in [0.3, 0.4) is 0 Å². The van der Waals surface area contributed by atoms with Gasteiger partial charge >= 0.3 is 6.18 Å². The molecule has 0 bridgehead atoms. The highest BCUT2D eigenvalue weighted by Crippen LogP contribution is 2.34. The van der Waals surface area contributed by atoms with Crippen molar-refractivity contribution in [3.63, 3.8) is 0 Å². The first-order valence-corrected chi connectivity index (χ1v) is 9.37. The van der Waals surface area contributed by atoms with Gasteiger partial charge in [-0.15, -0.1) is 0 Å². The molecule has 0 saturated carbocycles.